The number of benzene rings is 3. The molecular formula is C29H33F3N2O4S. The summed E-state index contributed by atoms with van der Waals surface area (Å²) in [5, 5.41) is 0. The molecule has 39 heavy (non-hydrogen) atoms. The minimum Gasteiger partial charge on any atom is -0.410 e. The Labute approximate surface area is 227 Å². The molecule has 0 aliphatic carbocycles. The molecule has 3 aromatic carbocycles. The number of halogens is 3. The van der Waals surface area contributed by atoms with E-state index in [1.54, 1.807) is 69.3 Å². The van der Waals surface area contributed by atoms with Crippen molar-refractivity contribution in [2.24, 2.45) is 0 Å². The van der Waals surface area contributed by atoms with E-state index >= 15 is 0 Å². The molecule has 1 amide bonds. The number of para-hydroxylation sites is 1. The maximum atomic E-state index is 13.4. The molecule has 3 rings (SSSR count). The monoisotopic (exact) mass is 562 g/mol. The smallest absolute Gasteiger partial charge is 0.410 e. The Morgan fingerprint density at radius 1 is 0.923 bits per heavy atom. The highest BCUT2D eigenvalue weighted by molar-refractivity contribution is 7.89. The summed E-state index contributed by atoms with van der Waals surface area (Å²) in [6.45, 7) is 7.64. The van der Waals surface area contributed by atoms with Gasteiger partial charge >= 0.3 is 12.3 Å². The normalized spacial score (nSPS) is 12.3. The number of ether oxygens (including phenoxy) is 1. The summed E-state index contributed by atoms with van der Waals surface area (Å²) in [5.41, 5.74) is 0.214. The van der Waals surface area contributed by atoms with Gasteiger partial charge in [-0.25, -0.2) is 17.9 Å². The second-order valence-corrected chi connectivity index (χ2v) is 11.8. The van der Waals surface area contributed by atoms with Crippen molar-refractivity contribution in [3.63, 3.8) is 0 Å². The minimum absolute atomic E-state index is 0.110. The Morgan fingerprint density at radius 2 is 1.54 bits per heavy atom. The molecule has 0 bridgehead atoms. The van der Waals surface area contributed by atoms with Gasteiger partial charge in [0.1, 0.15) is 5.75 Å². The number of nitrogens with zero attached hydrogens (tertiary/aromatic N) is 1. The molecule has 1 N–H and O–H groups in total. The molecule has 0 aliphatic rings. The highest BCUT2D eigenvalue weighted by Crippen LogP contribution is 2.36. The molecule has 0 atom stereocenters. The molecule has 3 aromatic rings. The molecule has 10 heteroatoms. The maximum absolute atomic E-state index is 13.4. The van der Waals surface area contributed by atoms with E-state index in [4.69, 9.17) is 4.74 Å². The fourth-order valence-electron chi connectivity index (χ4n) is 3.94. The summed E-state index contributed by atoms with van der Waals surface area (Å²) in [6, 6.07) is 18.3. The van der Waals surface area contributed by atoms with Crippen LogP contribution in [0.2, 0.25) is 0 Å². The Balaban J connectivity index is 1.84. The van der Waals surface area contributed by atoms with Crippen molar-refractivity contribution in [3.05, 3.63) is 83.9 Å². The highest BCUT2D eigenvalue weighted by Gasteiger charge is 2.35. The summed E-state index contributed by atoms with van der Waals surface area (Å²) in [4.78, 5) is 14.4. The van der Waals surface area contributed by atoms with Crippen LogP contribution in [0.3, 0.4) is 0 Å². The van der Waals surface area contributed by atoms with Gasteiger partial charge in [0, 0.05) is 24.2 Å². The standard InChI is InChI=1S/C29H33F3N2O4S/c1-5-6-19-34(27(35)38-25-13-9-8-12-24(25)29(30,31)32)20-21-15-17-22(18-16-21)23-11-7-10-14-26(23)39(36,37)33-28(2,3)4/h7-18,33H,5-6,19-20H2,1-4H3. The Hall–Kier alpha value is -3.37. The zero-order valence-corrected chi connectivity index (χ0v) is 23.2. The Morgan fingerprint density at radius 3 is 2.15 bits per heavy atom. The van der Waals surface area contributed by atoms with Crippen molar-refractivity contribution in [1.82, 2.24) is 9.62 Å². The molecule has 0 fully saturated rings. The van der Waals surface area contributed by atoms with Crippen LogP contribution in [-0.4, -0.2) is 31.5 Å². The van der Waals surface area contributed by atoms with Crippen molar-refractivity contribution in [2.75, 3.05) is 6.54 Å². The lowest BCUT2D eigenvalue weighted by molar-refractivity contribution is -0.138. The molecule has 0 radical (unpaired) electrons. The van der Waals surface area contributed by atoms with E-state index in [1.807, 2.05) is 6.92 Å². The van der Waals surface area contributed by atoms with E-state index in [-0.39, 0.29) is 11.4 Å². The van der Waals surface area contributed by atoms with E-state index in [1.165, 1.54) is 17.0 Å². The van der Waals surface area contributed by atoms with Gasteiger partial charge in [-0.1, -0.05) is 67.9 Å². The molecule has 0 aliphatic heterocycles. The molecule has 6 nitrogen and oxygen atoms in total. The van der Waals surface area contributed by atoms with Gasteiger partial charge in [0.05, 0.1) is 10.5 Å². The third-order valence-electron chi connectivity index (χ3n) is 5.69. The van der Waals surface area contributed by atoms with Crippen LogP contribution in [0.5, 0.6) is 5.75 Å². The van der Waals surface area contributed by atoms with Crippen molar-refractivity contribution in [1.29, 1.82) is 0 Å². The minimum atomic E-state index is -4.66. The predicted octanol–water partition coefficient (Wildman–Crippen LogP) is 7.25. The zero-order valence-electron chi connectivity index (χ0n) is 22.4. The lowest BCUT2D eigenvalue weighted by atomic mass is 10.0. The van der Waals surface area contributed by atoms with Gasteiger partial charge in [0.25, 0.3) is 0 Å². The number of alkyl halides is 3. The number of amides is 1. The van der Waals surface area contributed by atoms with E-state index in [2.05, 4.69) is 4.72 Å². The van der Waals surface area contributed by atoms with Gasteiger partial charge < -0.3 is 9.64 Å². The molecule has 0 aromatic heterocycles. The molecule has 210 valence electrons. The number of hydrogen-bond acceptors (Lipinski definition) is 4. The molecule has 0 heterocycles. The number of carbonyl (C=O) groups is 1. The van der Waals surface area contributed by atoms with E-state index in [0.717, 1.165) is 18.6 Å². The fraction of sp³-hybridized carbons (Fsp3) is 0.345. The van der Waals surface area contributed by atoms with Gasteiger partial charge in [-0.2, -0.15) is 13.2 Å². The van der Waals surface area contributed by atoms with Crippen LogP contribution in [0.25, 0.3) is 11.1 Å². The number of carbonyl (C=O) groups excluding carboxylic acids is 1. The number of unbranched alkanes of at least 4 members (excludes halogenated alkanes) is 1. The van der Waals surface area contributed by atoms with Gasteiger partial charge in [0.2, 0.25) is 10.0 Å². The highest BCUT2D eigenvalue weighted by atomic mass is 32.2. The topological polar surface area (TPSA) is 75.7 Å². The average Bonchev–Trinajstić information content (AvgIpc) is 2.85. The zero-order chi connectivity index (χ0) is 28.8. The third kappa shape index (κ3) is 8.31. The predicted molar refractivity (Wildman–Crippen MR) is 145 cm³/mol. The summed E-state index contributed by atoms with van der Waals surface area (Å²) in [7, 11) is -3.79. The molecule has 0 saturated heterocycles. The number of sulfonamides is 1. The third-order valence-corrected chi connectivity index (χ3v) is 7.50. The van der Waals surface area contributed by atoms with Gasteiger partial charge in [-0.05, 0) is 56.5 Å². The number of rotatable bonds is 9. The molecule has 0 saturated carbocycles. The SMILES string of the molecule is CCCCN(Cc1ccc(-c2ccccc2S(=O)(=O)NC(C)(C)C)cc1)C(=O)Oc1ccccc1C(F)(F)F. The van der Waals surface area contributed by atoms with Crippen LogP contribution in [0.4, 0.5) is 18.0 Å². The van der Waals surface area contributed by atoms with Crippen molar-refractivity contribution >= 4 is 16.1 Å². The summed E-state index contributed by atoms with van der Waals surface area (Å²) in [6.07, 6.45) is -4.13. The Bertz CT molecular complexity index is 1380. The van der Waals surface area contributed by atoms with Crippen LogP contribution in [0.1, 0.15) is 51.7 Å². The molecular weight excluding hydrogens is 529 g/mol. The summed E-state index contributed by atoms with van der Waals surface area (Å²) >= 11 is 0. The first-order valence-corrected chi connectivity index (χ1v) is 14.0. The molecule has 0 spiro atoms. The first kappa shape index (κ1) is 30.2. The van der Waals surface area contributed by atoms with Gasteiger partial charge in [0.15, 0.2) is 0 Å². The summed E-state index contributed by atoms with van der Waals surface area (Å²) in [5.74, 6) is -0.548. The second kappa shape index (κ2) is 12.2. The first-order chi connectivity index (χ1) is 18.2. The second-order valence-electron chi connectivity index (χ2n) is 10.2. The lowest BCUT2D eigenvalue weighted by Crippen LogP contribution is -2.40. The van der Waals surface area contributed by atoms with Gasteiger partial charge in [-0.15, -0.1) is 0 Å². The largest absolute Gasteiger partial charge is 0.419 e. The van der Waals surface area contributed by atoms with Crippen molar-refractivity contribution in [2.45, 2.75) is 63.7 Å². The fourth-order valence-corrected chi connectivity index (χ4v) is 5.59. The summed E-state index contributed by atoms with van der Waals surface area (Å²) < 4.78 is 74.0. The van der Waals surface area contributed by atoms with E-state index in [0.29, 0.717) is 29.7 Å². The lowest BCUT2D eigenvalue weighted by Gasteiger charge is -2.23. The quantitative estimate of drug-likeness (QED) is 0.298. The Kier molecular flexibility index (Phi) is 9.45. The number of hydrogen-bond donors (Lipinski definition) is 1. The van der Waals surface area contributed by atoms with Gasteiger partial charge in [-0.3, -0.25) is 0 Å². The maximum Gasteiger partial charge on any atom is 0.419 e. The first-order valence-electron chi connectivity index (χ1n) is 12.6. The van der Waals surface area contributed by atoms with Crippen molar-refractivity contribution < 1.29 is 31.1 Å². The van der Waals surface area contributed by atoms with Crippen LogP contribution in [0.15, 0.2) is 77.7 Å². The molecule has 0 unspecified atom stereocenters. The average molecular weight is 563 g/mol. The van der Waals surface area contributed by atoms with Crippen LogP contribution in [-0.2, 0) is 22.7 Å². The number of nitrogens with one attached hydrogen (secondary N) is 1. The van der Waals surface area contributed by atoms with Crippen LogP contribution in [0, 0.1) is 0 Å². The van der Waals surface area contributed by atoms with E-state index < -0.39 is 39.1 Å². The van der Waals surface area contributed by atoms with Crippen LogP contribution < -0.4 is 9.46 Å². The van der Waals surface area contributed by atoms with Crippen LogP contribution >= 0.6 is 0 Å². The van der Waals surface area contributed by atoms with E-state index in [9.17, 15) is 26.4 Å². The van der Waals surface area contributed by atoms with Crippen molar-refractivity contribution in [3.8, 4) is 16.9 Å².